The van der Waals surface area contributed by atoms with Crippen molar-refractivity contribution >= 4 is 44.9 Å². The number of aryl methyl sites for hydroxylation is 2. The number of anilines is 2. The third-order valence-corrected chi connectivity index (χ3v) is 11.0. The quantitative estimate of drug-likeness (QED) is 0.474. The minimum absolute atomic E-state index is 0.0247. The number of hydrogen-bond donors (Lipinski definition) is 2. The van der Waals surface area contributed by atoms with E-state index < -0.39 is 35.9 Å². The molecule has 6 heterocycles. The molecular formula is C29H30F2N6O4S. The number of morpholine rings is 1. The highest BCUT2D eigenvalue weighted by atomic mass is 32.1. The third-order valence-electron chi connectivity index (χ3n) is 9.82. The summed E-state index contributed by atoms with van der Waals surface area (Å²) in [5, 5.41) is 6.91. The van der Waals surface area contributed by atoms with Crippen LogP contribution in [-0.2, 0) is 28.0 Å². The molecule has 2 N–H and O–H groups in total. The molecule has 220 valence electrons. The first-order valence-corrected chi connectivity index (χ1v) is 15.4. The number of amides is 2. The molecule has 13 heteroatoms. The van der Waals surface area contributed by atoms with Gasteiger partial charge in [-0.15, -0.1) is 11.3 Å². The Bertz CT molecular complexity index is 1730. The minimum Gasteiger partial charge on any atom is -0.374 e. The van der Waals surface area contributed by atoms with Crippen LogP contribution in [0.1, 0.15) is 65.0 Å². The molecule has 3 aliphatic heterocycles. The Balaban J connectivity index is 1.12. The molecule has 2 saturated heterocycles. The third kappa shape index (κ3) is 3.85. The van der Waals surface area contributed by atoms with Crippen LogP contribution < -0.4 is 16.2 Å². The molecule has 0 aromatic carbocycles. The fourth-order valence-corrected chi connectivity index (χ4v) is 8.94. The Morgan fingerprint density at radius 1 is 1.21 bits per heavy atom. The number of thiophene rings is 1. The summed E-state index contributed by atoms with van der Waals surface area (Å²) in [6, 6.07) is 1.82. The summed E-state index contributed by atoms with van der Waals surface area (Å²) in [4.78, 5) is 53.1. The highest BCUT2D eigenvalue weighted by Gasteiger charge is 2.51. The van der Waals surface area contributed by atoms with Gasteiger partial charge < -0.3 is 20.3 Å². The van der Waals surface area contributed by atoms with Gasteiger partial charge in [-0.3, -0.25) is 19.0 Å². The van der Waals surface area contributed by atoms with E-state index in [4.69, 9.17) is 4.74 Å². The lowest BCUT2D eigenvalue weighted by molar-refractivity contribution is -0.140. The van der Waals surface area contributed by atoms with Gasteiger partial charge in [-0.05, 0) is 62.6 Å². The van der Waals surface area contributed by atoms with E-state index in [2.05, 4.69) is 20.6 Å². The molecule has 0 radical (unpaired) electrons. The van der Waals surface area contributed by atoms with Gasteiger partial charge in [0.25, 0.3) is 11.5 Å². The number of carbonyl (C=O) groups is 2. The van der Waals surface area contributed by atoms with E-state index >= 15 is 0 Å². The highest BCUT2D eigenvalue weighted by molar-refractivity contribution is 7.19. The topological polar surface area (TPSA) is 118 Å². The zero-order valence-electron chi connectivity index (χ0n) is 23.0. The molecular weight excluding hydrogens is 566 g/mol. The number of aromatic nitrogens is 3. The van der Waals surface area contributed by atoms with E-state index in [1.165, 1.54) is 10.9 Å². The average Bonchev–Trinajstić information content (AvgIpc) is 3.74. The van der Waals surface area contributed by atoms with E-state index in [0.717, 1.165) is 33.5 Å². The maximum atomic E-state index is 14.0. The molecule has 42 heavy (non-hydrogen) atoms. The SMILES string of the molecule is Cc1cc(Nc2ncnc3sc4c(c23)CC[C@H](C(=O)N2C[C@H]3C[C@@H]2CO3)C4)c(=O)n2c1C(=O)NC21CCC(F)(F)CC1. The van der Waals surface area contributed by atoms with Gasteiger partial charge in [0.2, 0.25) is 11.8 Å². The van der Waals surface area contributed by atoms with Crippen molar-refractivity contribution in [3.05, 3.63) is 44.4 Å². The number of fused-ring (bicyclic) bond motifs is 7. The summed E-state index contributed by atoms with van der Waals surface area (Å²) < 4.78 is 35.2. The molecule has 5 aliphatic rings. The molecule has 2 bridgehead atoms. The molecule has 2 amide bonds. The largest absolute Gasteiger partial charge is 0.374 e. The van der Waals surface area contributed by atoms with Crippen molar-refractivity contribution in [2.45, 2.75) is 82.0 Å². The number of likely N-dealkylation sites (tertiary alicyclic amines) is 1. The van der Waals surface area contributed by atoms with Crippen LogP contribution in [0.2, 0.25) is 0 Å². The van der Waals surface area contributed by atoms with Crippen LogP contribution in [0.15, 0.2) is 17.2 Å². The molecule has 3 atom stereocenters. The smallest absolute Gasteiger partial charge is 0.276 e. The summed E-state index contributed by atoms with van der Waals surface area (Å²) in [7, 11) is 0. The van der Waals surface area contributed by atoms with Crippen molar-refractivity contribution < 1.29 is 23.1 Å². The first-order valence-electron chi connectivity index (χ1n) is 14.5. The van der Waals surface area contributed by atoms with Crippen LogP contribution in [-0.4, -0.2) is 62.5 Å². The molecule has 10 nitrogen and oxygen atoms in total. The molecule has 3 fully saturated rings. The normalized spacial score (nSPS) is 26.9. The maximum absolute atomic E-state index is 14.0. The van der Waals surface area contributed by atoms with E-state index in [1.807, 2.05) is 4.90 Å². The first kappa shape index (κ1) is 26.2. The fraction of sp³-hybridized carbons (Fsp3) is 0.552. The predicted molar refractivity (Wildman–Crippen MR) is 150 cm³/mol. The molecule has 2 aliphatic carbocycles. The standard InChI is InChI=1S/C29H30F2N6O4S/c1-14-8-19(27(40)37-22(14)24(38)35-29(37)6-4-28(30,31)5-7-29)34-23-21-18-3-2-15(9-20(18)42-25(21)33-13-32-23)26(39)36-11-17-10-16(36)12-41-17/h8,13,15-17H,2-7,9-12H2,1H3,(H,35,38)(H,32,33,34)/t15-,16+,17+/m0/s1. The van der Waals surface area contributed by atoms with Gasteiger partial charge in [0.1, 0.15) is 34.0 Å². The van der Waals surface area contributed by atoms with Crippen LogP contribution in [0.5, 0.6) is 0 Å². The lowest BCUT2D eigenvalue weighted by Crippen LogP contribution is -2.51. The fourth-order valence-electron chi connectivity index (χ4n) is 7.68. The lowest BCUT2D eigenvalue weighted by atomic mass is 9.86. The van der Waals surface area contributed by atoms with E-state index in [-0.39, 0.29) is 48.2 Å². The Hall–Kier alpha value is -3.45. The Morgan fingerprint density at radius 3 is 2.76 bits per heavy atom. The van der Waals surface area contributed by atoms with Gasteiger partial charge in [-0.1, -0.05) is 0 Å². The number of carbonyl (C=O) groups excluding carboxylic acids is 2. The Labute approximate surface area is 243 Å². The van der Waals surface area contributed by atoms with Crippen LogP contribution in [0.4, 0.5) is 20.3 Å². The Morgan fingerprint density at radius 2 is 2.02 bits per heavy atom. The van der Waals surface area contributed by atoms with Crippen molar-refractivity contribution in [3.8, 4) is 0 Å². The second-order valence-electron chi connectivity index (χ2n) is 12.4. The number of hydrogen-bond acceptors (Lipinski definition) is 8. The number of halogens is 2. The van der Waals surface area contributed by atoms with Gasteiger partial charge >= 0.3 is 0 Å². The van der Waals surface area contributed by atoms with Gasteiger partial charge in [-0.2, -0.15) is 0 Å². The van der Waals surface area contributed by atoms with Gasteiger partial charge in [0.15, 0.2) is 0 Å². The average molecular weight is 597 g/mol. The van der Waals surface area contributed by atoms with Crippen molar-refractivity contribution in [2.24, 2.45) is 5.92 Å². The van der Waals surface area contributed by atoms with Gasteiger partial charge in [0, 0.05) is 30.2 Å². The lowest BCUT2D eigenvalue weighted by Gasteiger charge is -2.38. The molecule has 3 aromatic heterocycles. The number of nitrogens with one attached hydrogen (secondary N) is 2. The number of nitrogens with zero attached hydrogens (tertiary/aromatic N) is 4. The molecule has 1 saturated carbocycles. The predicted octanol–water partition coefficient (Wildman–Crippen LogP) is 3.62. The second-order valence-corrected chi connectivity index (χ2v) is 13.5. The van der Waals surface area contributed by atoms with E-state index in [9.17, 15) is 23.2 Å². The van der Waals surface area contributed by atoms with Crippen molar-refractivity contribution in [1.82, 2.24) is 24.8 Å². The van der Waals surface area contributed by atoms with E-state index in [0.29, 0.717) is 37.4 Å². The molecule has 8 rings (SSSR count). The number of alkyl halides is 2. The first-order chi connectivity index (χ1) is 20.1. The van der Waals surface area contributed by atoms with Crippen LogP contribution in [0.3, 0.4) is 0 Å². The number of rotatable bonds is 3. The molecule has 0 unspecified atom stereocenters. The highest BCUT2D eigenvalue weighted by Crippen LogP contribution is 2.45. The van der Waals surface area contributed by atoms with Crippen molar-refractivity contribution in [1.29, 1.82) is 0 Å². The zero-order chi connectivity index (χ0) is 29.0. The van der Waals surface area contributed by atoms with Crippen LogP contribution >= 0.6 is 11.3 Å². The summed E-state index contributed by atoms with van der Waals surface area (Å²) in [6.07, 6.45) is 3.75. The monoisotopic (exact) mass is 596 g/mol. The van der Waals surface area contributed by atoms with Gasteiger partial charge in [0.05, 0.1) is 24.1 Å². The zero-order valence-corrected chi connectivity index (χ0v) is 23.9. The summed E-state index contributed by atoms with van der Waals surface area (Å²) in [5.41, 5.74) is 0.478. The minimum atomic E-state index is -2.82. The summed E-state index contributed by atoms with van der Waals surface area (Å²) in [5.74, 6) is -2.63. The number of ether oxygens (including phenoxy) is 1. The molecule has 1 spiro atoms. The molecule has 3 aromatic rings. The van der Waals surface area contributed by atoms with Crippen molar-refractivity contribution in [3.63, 3.8) is 0 Å². The summed E-state index contributed by atoms with van der Waals surface area (Å²) >= 11 is 1.55. The van der Waals surface area contributed by atoms with E-state index in [1.54, 1.807) is 24.3 Å². The van der Waals surface area contributed by atoms with Crippen LogP contribution in [0, 0.1) is 12.8 Å². The Kier molecular flexibility index (Phi) is 5.63. The van der Waals surface area contributed by atoms with Gasteiger partial charge in [-0.25, -0.2) is 18.7 Å². The second kappa shape index (κ2) is 9.03. The van der Waals surface area contributed by atoms with Crippen LogP contribution in [0.25, 0.3) is 10.2 Å². The maximum Gasteiger partial charge on any atom is 0.276 e. The van der Waals surface area contributed by atoms with Crippen molar-refractivity contribution in [2.75, 3.05) is 18.5 Å². The number of pyridine rings is 1. The summed E-state index contributed by atoms with van der Waals surface area (Å²) in [6.45, 7) is 3.05.